The van der Waals surface area contributed by atoms with Crippen molar-refractivity contribution < 1.29 is 9.47 Å². The number of allylic oxidation sites excluding steroid dienone is 1. The van der Waals surface area contributed by atoms with E-state index in [2.05, 4.69) is 39.8 Å². The van der Waals surface area contributed by atoms with Crippen molar-refractivity contribution in [3.63, 3.8) is 0 Å². The lowest BCUT2D eigenvalue weighted by Crippen LogP contribution is -2.10. The zero-order valence-corrected chi connectivity index (χ0v) is 17.3. The van der Waals surface area contributed by atoms with E-state index in [1.807, 2.05) is 73.7 Å². The predicted molar refractivity (Wildman–Crippen MR) is 118 cm³/mol. The topological polar surface area (TPSA) is 18.5 Å². The fourth-order valence-electron chi connectivity index (χ4n) is 2.89. The van der Waals surface area contributed by atoms with E-state index >= 15 is 0 Å². The van der Waals surface area contributed by atoms with Crippen LogP contribution in [-0.2, 0) is 5.41 Å². The second-order valence-corrected chi connectivity index (χ2v) is 7.99. The molecule has 0 aliphatic carbocycles. The van der Waals surface area contributed by atoms with E-state index in [0.717, 1.165) is 28.6 Å². The van der Waals surface area contributed by atoms with Crippen molar-refractivity contribution >= 4 is 6.08 Å². The lowest BCUT2D eigenvalue weighted by Gasteiger charge is -2.19. The number of hydrogen-bond donors (Lipinski definition) is 0. The van der Waals surface area contributed by atoms with Gasteiger partial charge in [0.15, 0.2) is 0 Å². The molecule has 2 nitrogen and oxygen atoms in total. The molecule has 0 radical (unpaired) electrons. The summed E-state index contributed by atoms with van der Waals surface area (Å²) in [6, 6.07) is 22.2. The van der Waals surface area contributed by atoms with Crippen molar-refractivity contribution in [3.8, 4) is 23.0 Å². The van der Waals surface area contributed by atoms with Gasteiger partial charge in [-0.15, -0.1) is 0 Å². The number of aryl methyl sites for hydroxylation is 1. The molecule has 3 aromatic carbocycles. The monoisotopic (exact) mass is 372 g/mol. The summed E-state index contributed by atoms with van der Waals surface area (Å²) in [5.41, 5.74) is 3.61. The van der Waals surface area contributed by atoms with Gasteiger partial charge in [0.2, 0.25) is 0 Å². The summed E-state index contributed by atoms with van der Waals surface area (Å²) in [5, 5.41) is 0. The first-order chi connectivity index (χ1) is 13.3. The zero-order valence-electron chi connectivity index (χ0n) is 17.3. The first-order valence-corrected chi connectivity index (χ1v) is 9.65. The van der Waals surface area contributed by atoms with Gasteiger partial charge in [-0.3, -0.25) is 0 Å². The highest BCUT2D eigenvalue weighted by Crippen LogP contribution is 2.33. The summed E-state index contributed by atoms with van der Waals surface area (Å²) in [5.74, 6) is 3.24. The Morgan fingerprint density at radius 2 is 1.29 bits per heavy atom. The highest BCUT2D eigenvalue weighted by molar-refractivity contribution is 5.60. The van der Waals surface area contributed by atoms with Gasteiger partial charge in [-0.2, -0.15) is 0 Å². The van der Waals surface area contributed by atoms with Crippen LogP contribution in [0.15, 0.2) is 72.8 Å². The van der Waals surface area contributed by atoms with Gasteiger partial charge in [-0.25, -0.2) is 0 Å². The summed E-state index contributed by atoms with van der Waals surface area (Å²) < 4.78 is 12.1. The molecule has 3 rings (SSSR count). The summed E-state index contributed by atoms with van der Waals surface area (Å²) in [7, 11) is 0. The quantitative estimate of drug-likeness (QED) is 0.453. The molecule has 0 saturated carbocycles. The normalized spacial score (nSPS) is 11.6. The standard InChI is InChI=1S/C26H28O2/c1-6-7-20-18-24(27-22-12-8-19(2)9-13-22)16-17-25(20)28-23-14-10-21(11-15-23)26(3,4)5/h6-18H,1-5H3/b7-6+. The van der Waals surface area contributed by atoms with Crippen LogP contribution in [-0.4, -0.2) is 0 Å². The molecule has 0 spiro atoms. The largest absolute Gasteiger partial charge is 0.457 e. The number of hydrogen-bond acceptors (Lipinski definition) is 2. The van der Waals surface area contributed by atoms with Crippen molar-refractivity contribution in [2.75, 3.05) is 0 Å². The maximum absolute atomic E-state index is 6.14. The Balaban J connectivity index is 1.82. The van der Waals surface area contributed by atoms with Gasteiger partial charge >= 0.3 is 0 Å². The minimum atomic E-state index is 0.129. The van der Waals surface area contributed by atoms with Gasteiger partial charge in [0.1, 0.15) is 23.0 Å². The van der Waals surface area contributed by atoms with Crippen molar-refractivity contribution in [3.05, 3.63) is 89.5 Å². The van der Waals surface area contributed by atoms with Crippen molar-refractivity contribution in [2.24, 2.45) is 0 Å². The third-order valence-electron chi connectivity index (χ3n) is 4.53. The van der Waals surface area contributed by atoms with E-state index in [1.165, 1.54) is 11.1 Å². The van der Waals surface area contributed by atoms with Crippen LogP contribution in [0.4, 0.5) is 0 Å². The molecular formula is C26H28O2. The fourth-order valence-corrected chi connectivity index (χ4v) is 2.89. The Morgan fingerprint density at radius 1 is 0.714 bits per heavy atom. The molecule has 0 atom stereocenters. The molecule has 2 heteroatoms. The molecular weight excluding hydrogens is 344 g/mol. The molecule has 28 heavy (non-hydrogen) atoms. The van der Waals surface area contributed by atoms with Crippen LogP contribution in [0.1, 0.15) is 44.4 Å². The summed E-state index contributed by atoms with van der Waals surface area (Å²) in [6.07, 6.45) is 4.03. The fraction of sp³-hybridized carbons (Fsp3) is 0.231. The molecule has 0 amide bonds. The minimum absolute atomic E-state index is 0.129. The van der Waals surface area contributed by atoms with E-state index in [1.54, 1.807) is 0 Å². The molecule has 0 heterocycles. The lowest BCUT2D eigenvalue weighted by atomic mass is 9.87. The summed E-state index contributed by atoms with van der Waals surface area (Å²) in [6.45, 7) is 10.7. The van der Waals surface area contributed by atoms with Gasteiger partial charge in [0.25, 0.3) is 0 Å². The van der Waals surface area contributed by atoms with Gasteiger partial charge in [0, 0.05) is 5.56 Å². The highest BCUT2D eigenvalue weighted by Gasteiger charge is 2.13. The summed E-state index contributed by atoms with van der Waals surface area (Å²) in [4.78, 5) is 0. The van der Waals surface area contributed by atoms with E-state index in [9.17, 15) is 0 Å². The molecule has 0 bridgehead atoms. The Morgan fingerprint density at radius 3 is 1.89 bits per heavy atom. The SMILES string of the molecule is C/C=C/c1cc(Oc2ccc(C)cc2)ccc1Oc1ccc(C(C)(C)C)cc1. The van der Waals surface area contributed by atoms with Crippen LogP contribution in [0.2, 0.25) is 0 Å². The first-order valence-electron chi connectivity index (χ1n) is 9.65. The van der Waals surface area contributed by atoms with E-state index < -0.39 is 0 Å². The Bertz CT molecular complexity index is 943. The Hall–Kier alpha value is -3.00. The average molecular weight is 373 g/mol. The molecule has 0 fully saturated rings. The Labute approximate surface area is 168 Å². The van der Waals surface area contributed by atoms with Gasteiger partial charge in [-0.05, 0) is 67.3 Å². The molecule has 3 aromatic rings. The van der Waals surface area contributed by atoms with Crippen molar-refractivity contribution in [1.82, 2.24) is 0 Å². The van der Waals surface area contributed by atoms with Crippen LogP contribution in [0.25, 0.3) is 6.08 Å². The molecule has 0 N–H and O–H groups in total. The van der Waals surface area contributed by atoms with Gasteiger partial charge in [-0.1, -0.05) is 62.8 Å². The maximum atomic E-state index is 6.14. The molecule has 0 aliphatic rings. The third kappa shape index (κ3) is 5.04. The van der Waals surface area contributed by atoms with E-state index in [0.29, 0.717) is 0 Å². The van der Waals surface area contributed by atoms with Crippen LogP contribution in [0.5, 0.6) is 23.0 Å². The molecule has 144 valence electrons. The molecule has 0 aromatic heterocycles. The maximum Gasteiger partial charge on any atom is 0.134 e. The van der Waals surface area contributed by atoms with Gasteiger partial charge in [0.05, 0.1) is 0 Å². The van der Waals surface area contributed by atoms with E-state index in [4.69, 9.17) is 9.47 Å². The summed E-state index contributed by atoms with van der Waals surface area (Å²) >= 11 is 0. The Kier molecular flexibility index (Phi) is 5.89. The van der Waals surface area contributed by atoms with Crippen LogP contribution in [0.3, 0.4) is 0 Å². The van der Waals surface area contributed by atoms with Crippen molar-refractivity contribution in [1.29, 1.82) is 0 Å². The molecule has 0 saturated heterocycles. The highest BCUT2D eigenvalue weighted by atomic mass is 16.5. The zero-order chi connectivity index (χ0) is 20.1. The number of benzene rings is 3. The van der Waals surface area contributed by atoms with Crippen LogP contribution in [0, 0.1) is 6.92 Å². The second-order valence-electron chi connectivity index (χ2n) is 7.99. The average Bonchev–Trinajstić information content (AvgIpc) is 2.66. The third-order valence-corrected chi connectivity index (χ3v) is 4.53. The predicted octanol–water partition coefficient (Wildman–Crippen LogP) is 7.91. The molecule has 0 unspecified atom stereocenters. The number of rotatable bonds is 5. The first kappa shape index (κ1) is 19.8. The minimum Gasteiger partial charge on any atom is -0.457 e. The smallest absolute Gasteiger partial charge is 0.134 e. The second kappa shape index (κ2) is 8.35. The number of ether oxygens (including phenoxy) is 2. The van der Waals surface area contributed by atoms with Crippen molar-refractivity contribution in [2.45, 2.75) is 40.0 Å². The van der Waals surface area contributed by atoms with Crippen LogP contribution < -0.4 is 9.47 Å². The van der Waals surface area contributed by atoms with E-state index in [-0.39, 0.29) is 5.41 Å². The lowest BCUT2D eigenvalue weighted by molar-refractivity contribution is 0.468. The van der Waals surface area contributed by atoms with Gasteiger partial charge < -0.3 is 9.47 Å². The molecule has 0 aliphatic heterocycles. The van der Waals surface area contributed by atoms with Crippen LogP contribution >= 0.6 is 0 Å².